The van der Waals surface area contributed by atoms with Gasteiger partial charge in [-0.15, -0.1) is 0 Å². The van der Waals surface area contributed by atoms with Crippen molar-refractivity contribution in [3.63, 3.8) is 0 Å². The summed E-state index contributed by atoms with van der Waals surface area (Å²) in [7, 11) is -3.96. The standard InChI is InChI=1S/C22H19ClN2O5S/c23-16-6-9-18(10-7-16)31(27,28)25-19(12-15-4-2-1-3-5-15)22(26)24-17-8-11-20-21(13-17)30-14-29-20/h1-11,13,19,25H,12,14H2,(H,24,26). The van der Waals surface area contributed by atoms with Crippen LogP contribution in [-0.2, 0) is 21.2 Å². The van der Waals surface area contributed by atoms with Crippen LogP contribution in [0.4, 0.5) is 5.69 Å². The van der Waals surface area contributed by atoms with Crippen LogP contribution >= 0.6 is 11.6 Å². The molecule has 1 atom stereocenters. The highest BCUT2D eigenvalue weighted by Crippen LogP contribution is 2.34. The molecule has 9 heteroatoms. The molecule has 7 nitrogen and oxygen atoms in total. The van der Waals surface area contributed by atoms with E-state index in [0.29, 0.717) is 22.2 Å². The Morgan fingerprint density at radius 1 is 0.968 bits per heavy atom. The molecule has 1 heterocycles. The summed E-state index contributed by atoms with van der Waals surface area (Å²) >= 11 is 5.86. The van der Waals surface area contributed by atoms with Gasteiger partial charge < -0.3 is 14.8 Å². The third-order valence-corrected chi connectivity index (χ3v) is 6.40. The van der Waals surface area contributed by atoms with Crippen LogP contribution in [-0.4, -0.2) is 27.2 Å². The number of amides is 1. The van der Waals surface area contributed by atoms with E-state index in [1.54, 1.807) is 18.2 Å². The minimum absolute atomic E-state index is 0.0193. The second kappa shape index (κ2) is 8.97. The summed E-state index contributed by atoms with van der Waals surface area (Å²) in [5.74, 6) is 0.599. The normalized spacial score (nSPS) is 13.6. The molecule has 1 unspecified atom stereocenters. The molecule has 0 aliphatic carbocycles. The van der Waals surface area contributed by atoms with Gasteiger partial charge in [0.15, 0.2) is 11.5 Å². The lowest BCUT2D eigenvalue weighted by atomic mass is 10.1. The Morgan fingerprint density at radius 2 is 1.68 bits per heavy atom. The lowest BCUT2D eigenvalue weighted by Crippen LogP contribution is -2.45. The topological polar surface area (TPSA) is 93.7 Å². The van der Waals surface area contributed by atoms with E-state index < -0.39 is 22.0 Å². The largest absolute Gasteiger partial charge is 0.454 e. The van der Waals surface area contributed by atoms with Crippen molar-refractivity contribution in [2.75, 3.05) is 12.1 Å². The number of carbonyl (C=O) groups excluding carboxylic acids is 1. The van der Waals surface area contributed by atoms with E-state index in [0.717, 1.165) is 5.56 Å². The highest BCUT2D eigenvalue weighted by Gasteiger charge is 2.27. The first-order valence-corrected chi connectivity index (χ1v) is 11.3. The maximum Gasteiger partial charge on any atom is 0.242 e. The maximum atomic E-state index is 13.0. The number of fused-ring (bicyclic) bond motifs is 1. The van der Waals surface area contributed by atoms with E-state index >= 15 is 0 Å². The van der Waals surface area contributed by atoms with Crippen molar-refractivity contribution in [2.24, 2.45) is 0 Å². The number of benzene rings is 3. The summed E-state index contributed by atoms with van der Waals surface area (Å²) in [6.07, 6.45) is 0.171. The molecule has 1 aliphatic rings. The van der Waals surface area contributed by atoms with E-state index in [9.17, 15) is 13.2 Å². The van der Waals surface area contributed by atoms with Crippen molar-refractivity contribution in [1.82, 2.24) is 4.72 Å². The first kappa shape index (κ1) is 21.2. The van der Waals surface area contributed by atoms with Crippen molar-refractivity contribution in [3.8, 4) is 11.5 Å². The molecule has 4 rings (SSSR count). The number of nitrogens with one attached hydrogen (secondary N) is 2. The van der Waals surface area contributed by atoms with Gasteiger partial charge in [-0.05, 0) is 48.4 Å². The number of halogens is 1. The molecule has 0 radical (unpaired) electrons. The van der Waals surface area contributed by atoms with Crippen molar-refractivity contribution in [3.05, 3.63) is 83.4 Å². The summed E-state index contributed by atoms with van der Waals surface area (Å²) in [4.78, 5) is 13.1. The van der Waals surface area contributed by atoms with Crippen LogP contribution in [0.15, 0.2) is 77.7 Å². The van der Waals surface area contributed by atoms with Crippen LogP contribution in [0, 0.1) is 0 Å². The van der Waals surface area contributed by atoms with Gasteiger partial charge in [-0.3, -0.25) is 4.79 Å². The molecule has 31 heavy (non-hydrogen) atoms. The molecule has 3 aromatic rings. The summed E-state index contributed by atoms with van der Waals surface area (Å²) < 4.78 is 38.9. The number of carbonyl (C=O) groups is 1. The monoisotopic (exact) mass is 458 g/mol. The first-order valence-electron chi connectivity index (χ1n) is 9.43. The number of sulfonamides is 1. The Morgan fingerprint density at radius 3 is 2.42 bits per heavy atom. The minimum Gasteiger partial charge on any atom is -0.454 e. The fourth-order valence-electron chi connectivity index (χ4n) is 3.11. The van der Waals surface area contributed by atoms with Crippen LogP contribution in [0.3, 0.4) is 0 Å². The Labute approximate surface area is 185 Å². The second-order valence-corrected chi connectivity index (χ2v) is 9.03. The molecule has 1 amide bonds. The Bertz CT molecular complexity index is 1180. The highest BCUT2D eigenvalue weighted by molar-refractivity contribution is 7.89. The van der Waals surface area contributed by atoms with Gasteiger partial charge in [0.25, 0.3) is 0 Å². The fraction of sp³-hybridized carbons (Fsp3) is 0.136. The summed E-state index contributed by atoms with van der Waals surface area (Å²) in [5, 5.41) is 3.17. The fourth-order valence-corrected chi connectivity index (χ4v) is 4.43. The van der Waals surface area contributed by atoms with Gasteiger partial charge >= 0.3 is 0 Å². The number of hydrogen-bond acceptors (Lipinski definition) is 5. The van der Waals surface area contributed by atoms with Gasteiger partial charge in [0, 0.05) is 16.8 Å². The molecule has 3 aromatic carbocycles. The molecule has 2 N–H and O–H groups in total. The van der Waals surface area contributed by atoms with E-state index in [1.807, 2.05) is 30.3 Å². The third-order valence-electron chi connectivity index (χ3n) is 4.66. The molecular weight excluding hydrogens is 440 g/mol. The average molecular weight is 459 g/mol. The predicted molar refractivity (Wildman–Crippen MR) is 117 cm³/mol. The van der Waals surface area contributed by atoms with Crippen LogP contribution in [0.2, 0.25) is 5.02 Å². The second-order valence-electron chi connectivity index (χ2n) is 6.87. The van der Waals surface area contributed by atoms with E-state index in [1.165, 1.54) is 24.3 Å². The van der Waals surface area contributed by atoms with Crippen molar-refractivity contribution in [2.45, 2.75) is 17.4 Å². The minimum atomic E-state index is -3.96. The van der Waals surface area contributed by atoms with Gasteiger partial charge in [-0.2, -0.15) is 4.72 Å². The number of hydrogen-bond donors (Lipinski definition) is 2. The summed E-state index contributed by atoms with van der Waals surface area (Å²) in [6, 6.07) is 18.8. The molecular formula is C22H19ClN2O5S. The van der Waals surface area contributed by atoms with E-state index in [2.05, 4.69) is 10.0 Å². The molecule has 0 bridgehead atoms. The van der Waals surface area contributed by atoms with Crippen LogP contribution in [0.5, 0.6) is 11.5 Å². The Hall–Kier alpha value is -3.07. The molecule has 1 aliphatic heterocycles. The number of anilines is 1. The quantitative estimate of drug-likeness (QED) is 0.564. The van der Waals surface area contributed by atoms with Gasteiger partial charge in [0.05, 0.1) is 4.90 Å². The molecule has 0 saturated heterocycles. The zero-order chi connectivity index (χ0) is 21.8. The Balaban J connectivity index is 1.57. The maximum absolute atomic E-state index is 13.0. The molecule has 0 saturated carbocycles. The van der Waals surface area contributed by atoms with Gasteiger partial charge in [-0.1, -0.05) is 41.9 Å². The summed E-state index contributed by atoms with van der Waals surface area (Å²) in [5.41, 5.74) is 1.28. The number of ether oxygens (including phenoxy) is 2. The number of rotatable bonds is 7. The van der Waals surface area contributed by atoms with Crippen LogP contribution in [0.25, 0.3) is 0 Å². The smallest absolute Gasteiger partial charge is 0.242 e. The molecule has 0 spiro atoms. The van der Waals surface area contributed by atoms with Gasteiger partial charge in [-0.25, -0.2) is 8.42 Å². The van der Waals surface area contributed by atoms with E-state index in [4.69, 9.17) is 21.1 Å². The van der Waals surface area contributed by atoms with Gasteiger partial charge in [0.2, 0.25) is 22.7 Å². The van der Waals surface area contributed by atoms with E-state index in [-0.39, 0.29) is 18.1 Å². The predicted octanol–water partition coefficient (Wildman–Crippen LogP) is 3.60. The van der Waals surface area contributed by atoms with Crippen molar-refractivity contribution in [1.29, 1.82) is 0 Å². The van der Waals surface area contributed by atoms with Crippen LogP contribution in [0.1, 0.15) is 5.56 Å². The van der Waals surface area contributed by atoms with Crippen LogP contribution < -0.4 is 19.5 Å². The SMILES string of the molecule is O=C(Nc1ccc2c(c1)OCO2)C(Cc1ccccc1)NS(=O)(=O)c1ccc(Cl)cc1. The molecule has 0 aromatic heterocycles. The lowest BCUT2D eigenvalue weighted by Gasteiger charge is -2.19. The molecule has 160 valence electrons. The lowest BCUT2D eigenvalue weighted by molar-refractivity contribution is -0.117. The zero-order valence-corrected chi connectivity index (χ0v) is 17.8. The van der Waals surface area contributed by atoms with Crippen molar-refractivity contribution >= 4 is 33.2 Å². The summed E-state index contributed by atoms with van der Waals surface area (Å²) in [6.45, 7) is 0.115. The average Bonchev–Trinajstić information content (AvgIpc) is 3.22. The van der Waals surface area contributed by atoms with Crippen molar-refractivity contribution < 1.29 is 22.7 Å². The third kappa shape index (κ3) is 5.16. The molecule has 0 fully saturated rings. The highest BCUT2D eigenvalue weighted by atomic mass is 35.5. The first-order chi connectivity index (χ1) is 14.9. The van der Waals surface area contributed by atoms with Gasteiger partial charge in [0.1, 0.15) is 6.04 Å². The zero-order valence-electron chi connectivity index (χ0n) is 16.2. The Kier molecular flexibility index (Phi) is 6.13.